The molecule has 1 aromatic rings. The molecule has 1 unspecified atom stereocenters. The zero-order valence-electron chi connectivity index (χ0n) is 12.5. The number of benzene rings is 1. The number of rotatable bonds is 6. The Bertz CT molecular complexity index is 580. The third kappa shape index (κ3) is 3.48. The van der Waals surface area contributed by atoms with E-state index in [0.717, 1.165) is 4.90 Å². The van der Waals surface area contributed by atoms with Gasteiger partial charge in [0.05, 0.1) is 16.7 Å². The van der Waals surface area contributed by atoms with E-state index in [1.807, 2.05) is 6.26 Å². The Kier molecular flexibility index (Phi) is 4.87. The third-order valence-corrected chi connectivity index (χ3v) is 4.21. The molecule has 6 nitrogen and oxygen atoms in total. The fourth-order valence-corrected chi connectivity index (χ4v) is 2.96. The summed E-state index contributed by atoms with van der Waals surface area (Å²) in [6.45, 7) is 1.34. The van der Waals surface area contributed by atoms with Crippen LogP contribution in [-0.4, -0.2) is 58.4 Å². The molecule has 1 heterocycles. The molecule has 7 heteroatoms. The maximum absolute atomic E-state index is 12.1. The van der Waals surface area contributed by atoms with Gasteiger partial charge in [0.15, 0.2) is 0 Å². The van der Waals surface area contributed by atoms with Crippen molar-refractivity contribution >= 4 is 29.5 Å². The highest BCUT2D eigenvalue weighted by Gasteiger charge is 2.36. The van der Waals surface area contributed by atoms with Crippen LogP contribution in [0.2, 0.25) is 0 Å². The number of imide groups is 1. The third-order valence-electron chi connectivity index (χ3n) is 3.30. The van der Waals surface area contributed by atoms with Gasteiger partial charge in [-0.05, 0) is 25.3 Å². The first kappa shape index (κ1) is 16.5. The lowest BCUT2D eigenvalue weighted by molar-refractivity contribution is -0.122. The molecule has 0 aliphatic carbocycles. The van der Waals surface area contributed by atoms with Gasteiger partial charge >= 0.3 is 0 Å². The van der Waals surface area contributed by atoms with E-state index < -0.39 is 23.3 Å². The van der Waals surface area contributed by atoms with Crippen molar-refractivity contribution in [1.29, 1.82) is 0 Å². The second kappa shape index (κ2) is 6.50. The van der Waals surface area contributed by atoms with Gasteiger partial charge in [0, 0.05) is 12.3 Å². The standard InChI is InChI=1S/C15H18N2O4S/c1-15(21,9-22-2)8-16-12(18)7-17-13(19)10-5-3-4-6-11(10)14(17)20/h3-6,21H,7-9H2,1-2H3,(H,16,18). The predicted molar refractivity (Wildman–Crippen MR) is 83.8 cm³/mol. The molecule has 0 saturated carbocycles. The highest BCUT2D eigenvalue weighted by atomic mass is 32.2. The maximum Gasteiger partial charge on any atom is 0.262 e. The zero-order valence-corrected chi connectivity index (χ0v) is 13.3. The van der Waals surface area contributed by atoms with Gasteiger partial charge in [-0.3, -0.25) is 19.3 Å². The van der Waals surface area contributed by atoms with Gasteiger partial charge in [-0.2, -0.15) is 11.8 Å². The van der Waals surface area contributed by atoms with Crippen LogP contribution in [0.15, 0.2) is 24.3 Å². The van der Waals surface area contributed by atoms with Crippen molar-refractivity contribution < 1.29 is 19.5 Å². The van der Waals surface area contributed by atoms with E-state index in [2.05, 4.69) is 5.32 Å². The molecule has 0 bridgehead atoms. The first-order chi connectivity index (χ1) is 10.4. The Hall–Kier alpha value is -1.86. The average molecular weight is 322 g/mol. The normalized spacial score (nSPS) is 16.4. The van der Waals surface area contributed by atoms with E-state index in [9.17, 15) is 19.5 Å². The number of hydrogen-bond acceptors (Lipinski definition) is 5. The van der Waals surface area contributed by atoms with Crippen LogP contribution in [0.3, 0.4) is 0 Å². The number of nitrogens with zero attached hydrogens (tertiary/aromatic N) is 1. The highest BCUT2D eigenvalue weighted by molar-refractivity contribution is 7.98. The molecule has 1 aromatic carbocycles. The van der Waals surface area contributed by atoms with Crippen molar-refractivity contribution in [3.05, 3.63) is 35.4 Å². The molecule has 22 heavy (non-hydrogen) atoms. The summed E-state index contributed by atoms with van der Waals surface area (Å²) in [4.78, 5) is 37.1. The Morgan fingerprint density at radius 3 is 2.32 bits per heavy atom. The molecule has 0 spiro atoms. The van der Waals surface area contributed by atoms with Crippen molar-refractivity contribution in [3.8, 4) is 0 Å². The first-order valence-corrected chi connectivity index (χ1v) is 8.18. The summed E-state index contributed by atoms with van der Waals surface area (Å²) >= 11 is 1.47. The van der Waals surface area contributed by atoms with E-state index in [4.69, 9.17) is 0 Å². The van der Waals surface area contributed by atoms with E-state index >= 15 is 0 Å². The van der Waals surface area contributed by atoms with Gasteiger partial charge in [-0.15, -0.1) is 0 Å². The number of carbonyl (C=O) groups is 3. The van der Waals surface area contributed by atoms with Crippen molar-refractivity contribution in [2.75, 3.05) is 25.1 Å². The van der Waals surface area contributed by atoms with E-state index in [0.29, 0.717) is 16.9 Å². The van der Waals surface area contributed by atoms with Crippen molar-refractivity contribution in [3.63, 3.8) is 0 Å². The van der Waals surface area contributed by atoms with E-state index in [1.54, 1.807) is 31.2 Å². The van der Waals surface area contributed by atoms with Crippen LogP contribution in [0, 0.1) is 0 Å². The topological polar surface area (TPSA) is 86.7 Å². The molecule has 2 N–H and O–H groups in total. The molecule has 0 saturated heterocycles. The predicted octanol–water partition coefficient (Wildman–Crippen LogP) is 0.513. The monoisotopic (exact) mass is 322 g/mol. The molecule has 3 amide bonds. The summed E-state index contributed by atoms with van der Waals surface area (Å²) in [5.41, 5.74) is -0.402. The number of nitrogens with one attached hydrogen (secondary N) is 1. The Labute approximate surface area is 132 Å². The van der Waals surface area contributed by atoms with Crippen molar-refractivity contribution in [2.45, 2.75) is 12.5 Å². The molecular formula is C15H18N2O4S. The Balaban J connectivity index is 1.96. The van der Waals surface area contributed by atoms with Crippen molar-refractivity contribution in [1.82, 2.24) is 10.2 Å². The van der Waals surface area contributed by atoms with Crippen LogP contribution in [0.4, 0.5) is 0 Å². The second-order valence-corrected chi connectivity index (χ2v) is 6.31. The second-order valence-electron chi connectivity index (χ2n) is 5.45. The number of carbonyl (C=O) groups excluding carboxylic acids is 3. The number of amides is 3. The molecular weight excluding hydrogens is 304 g/mol. The lowest BCUT2D eigenvalue weighted by Crippen LogP contribution is -2.46. The van der Waals surface area contributed by atoms with Crippen LogP contribution < -0.4 is 5.32 Å². The van der Waals surface area contributed by atoms with Crippen LogP contribution >= 0.6 is 11.8 Å². The van der Waals surface area contributed by atoms with Gasteiger partial charge in [0.1, 0.15) is 6.54 Å². The smallest absolute Gasteiger partial charge is 0.262 e. The molecule has 1 aliphatic rings. The zero-order chi connectivity index (χ0) is 16.3. The summed E-state index contributed by atoms with van der Waals surface area (Å²) < 4.78 is 0. The van der Waals surface area contributed by atoms with Gasteiger partial charge in [0.2, 0.25) is 5.91 Å². The highest BCUT2D eigenvalue weighted by Crippen LogP contribution is 2.21. The molecule has 1 atom stereocenters. The van der Waals surface area contributed by atoms with Crippen LogP contribution in [-0.2, 0) is 4.79 Å². The summed E-state index contributed by atoms with van der Waals surface area (Å²) in [6, 6.07) is 6.48. The van der Waals surface area contributed by atoms with E-state index in [1.165, 1.54) is 11.8 Å². The molecule has 0 aromatic heterocycles. The largest absolute Gasteiger partial charge is 0.387 e. The van der Waals surface area contributed by atoms with Crippen LogP contribution in [0.5, 0.6) is 0 Å². The van der Waals surface area contributed by atoms with Crippen LogP contribution in [0.1, 0.15) is 27.6 Å². The number of fused-ring (bicyclic) bond motifs is 1. The average Bonchev–Trinajstić information content (AvgIpc) is 2.71. The van der Waals surface area contributed by atoms with Gasteiger partial charge < -0.3 is 10.4 Å². The summed E-state index contributed by atoms with van der Waals surface area (Å²) in [6.07, 6.45) is 1.86. The molecule has 2 rings (SSSR count). The minimum atomic E-state index is -1.03. The van der Waals surface area contributed by atoms with E-state index in [-0.39, 0.29) is 13.1 Å². The molecule has 1 aliphatic heterocycles. The number of thioether (sulfide) groups is 1. The van der Waals surface area contributed by atoms with Gasteiger partial charge in [-0.25, -0.2) is 0 Å². The lowest BCUT2D eigenvalue weighted by Gasteiger charge is -2.23. The summed E-state index contributed by atoms with van der Waals surface area (Å²) in [5, 5.41) is 12.5. The van der Waals surface area contributed by atoms with Gasteiger partial charge in [-0.1, -0.05) is 12.1 Å². The number of aliphatic hydroxyl groups is 1. The quantitative estimate of drug-likeness (QED) is 0.745. The lowest BCUT2D eigenvalue weighted by atomic mass is 10.1. The van der Waals surface area contributed by atoms with Crippen molar-refractivity contribution in [2.24, 2.45) is 0 Å². The maximum atomic E-state index is 12.1. The fraction of sp³-hybridized carbons (Fsp3) is 0.400. The molecule has 0 fully saturated rings. The number of hydrogen-bond donors (Lipinski definition) is 2. The first-order valence-electron chi connectivity index (χ1n) is 6.79. The summed E-state index contributed by atoms with van der Waals surface area (Å²) in [7, 11) is 0. The fourth-order valence-electron chi connectivity index (χ4n) is 2.23. The Morgan fingerprint density at radius 2 is 1.82 bits per heavy atom. The molecule has 0 radical (unpaired) electrons. The van der Waals surface area contributed by atoms with Gasteiger partial charge in [0.25, 0.3) is 11.8 Å². The minimum Gasteiger partial charge on any atom is -0.387 e. The molecule has 118 valence electrons. The van der Waals surface area contributed by atoms with Crippen LogP contribution in [0.25, 0.3) is 0 Å². The Morgan fingerprint density at radius 1 is 1.27 bits per heavy atom. The minimum absolute atomic E-state index is 0.0653. The SMILES string of the molecule is CSCC(C)(O)CNC(=O)CN1C(=O)c2ccccc2C1=O. The summed E-state index contributed by atoms with van der Waals surface area (Å²) in [5.74, 6) is -0.936.